The van der Waals surface area contributed by atoms with Gasteiger partial charge in [0.2, 0.25) is 0 Å². The van der Waals surface area contributed by atoms with Gasteiger partial charge in [-0.1, -0.05) is 30.3 Å². The molecule has 0 radical (unpaired) electrons. The smallest absolute Gasteiger partial charge is 0.324 e. The monoisotopic (exact) mass is 406 g/mol. The molecule has 0 spiro atoms. The van der Waals surface area contributed by atoms with Crippen LogP contribution >= 0.6 is 16.2 Å². The molecule has 1 unspecified atom stereocenters. The van der Waals surface area contributed by atoms with Gasteiger partial charge in [-0.25, -0.2) is 4.52 Å². The molecule has 1 atom stereocenters. The maximum absolute atomic E-state index is 11.7. The molecule has 0 bridgehead atoms. The van der Waals surface area contributed by atoms with Crippen LogP contribution < -0.4 is 0 Å². The van der Waals surface area contributed by atoms with Crippen molar-refractivity contribution in [2.24, 2.45) is 0 Å². The van der Waals surface area contributed by atoms with Crippen LogP contribution in [0.25, 0.3) is 0 Å². The molecule has 0 fully saturated rings. The highest BCUT2D eigenvalue weighted by molar-refractivity contribution is 7.52. The normalized spacial score (nSPS) is 13.9. The van der Waals surface area contributed by atoms with Crippen molar-refractivity contribution in [2.75, 3.05) is 19.8 Å². The van der Waals surface area contributed by atoms with Crippen LogP contribution in [0.3, 0.4) is 0 Å². The Morgan fingerprint density at radius 1 is 1.00 bits per heavy atom. The molecule has 11 heteroatoms. The second-order valence-corrected chi connectivity index (χ2v) is 7.29. The van der Waals surface area contributed by atoms with Crippen LogP contribution in [0, 0.1) is 0 Å². The summed E-state index contributed by atoms with van der Waals surface area (Å²) in [7, 11) is -5.72. The highest BCUT2D eigenvalue weighted by Crippen LogP contribution is 2.50. The summed E-state index contributed by atoms with van der Waals surface area (Å²) in [5.41, 5.74) is 0.313. The maximum atomic E-state index is 11.7. The Hall–Kier alpha value is -0.530. The van der Waals surface area contributed by atoms with Crippen molar-refractivity contribution < 1.29 is 40.7 Å². The van der Waals surface area contributed by atoms with Crippen molar-refractivity contribution in [2.45, 2.75) is 33.3 Å². The molecule has 0 saturated heterocycles. The third kappa shape index (κ3) is 14.3. The van der Waals surface area contributed by atoms with E-state index in [9.17, 15) is 17.7 Å². The van der Waals surface area contributed by atoms with Gasteiger partial charge < -0.3 is 18.5 Å². The second-order valence-electron chi connectivity index (χ2n) is 4.30. The first kappa shape index (κ1) is 24.5. The molecule has 0 heterocycles. The largest absolute Gasteiger partial charge is 0.529 e. The molecule has 1 rings (SSSR count). The summed E-state index contributed by atoms with van der Waals surface area (Å²) in [5, 5.41) is 0. The number of hydrogen-bond acceptors (Lipinski definition) is 5. The molecule has 146 valence electrons. The van der Waals surface area contributed by atoms with Crippen LogP contribution in [0.1, 0.15) is 26.3 Å². The molecule has 0 saturated carbocycles. The quantitative estimate of drug-likeness (QED) is 0.566. The molecule has 0 aromatic heterocycles. The average molecular weight is 406 g/mol. The summed E-state index contributed by atoms with van der Waals surface area (Å²) >= 11 is 0. The number of alkyl halides is 3. The van der Waals surface area contributed by atoms with Gasteiger partial charge >= 0.3 is 22.6 Å². The van der Waals surface area contributed by atoms with E-state index in [0.29, 0.717) is 25.4 Å². The Kier molecular flexibility index (Phi) is 12.5. The molecule has 0 aliphatic carbocycles. The van der Waals surface area contributed by atoms with E-state index in [0.717, 1.165) is 0 Å². The van der Waals surface area contributed by atoms with Crippen molar-refractivity contribution in [1.82, 2.24) is 0 Å². The lowest BCUT2D eigenvalue weighted by atomic mass is 10.2. The Bertz CT molecular complexity index is 487. The summed E-state index contributed by atoms with van der Waals surface area (Å²) in [6.07, 6.45) is -5.76. The summed E-state index contributed by atoms with van der Waals surface area (Å²) in [5.74, 6) is 0. The standard InChI is InChI=1S/C8H8F3O3P.C6H15O3P/c9-8(10,11)14-15(12,13)6-7-4-2-1-3-5-7;1-4-7-10(8-5-2)9-6-3/h1-5H,6H2,(H,12,13);4-6H2,1-3H3. The first-order chi connectivity index (χ1) is 11.6. The Balaban J connectivity index is 0.000000504. The van der Waals surface area contributed by atoms with E-state index in [1.54, 1.807) is 18.2 Å². The highest BCUT2D eigenvalue weighted by Gasteiger charge is 2.39. The van der Waals surface area contributed by atoms with E-state index in [2.05, 4.69) is 4.52 Å². The molecule has 6 nitrogen and oxygen atoms in total. The predicted molar refractivity (Wildman–Crippen MR) is 88.9 cm³/mol. The minimum Gasteiger partial charge on any atom is -0.324 e. The molecule has 1 aromatic rings. The summed E-state index contributed by atoms with van der Waals surface area (Å²) in [6, 6.07) is 7.66. The van der Waals surface area contributed by atoms with Crippen molar-refractivity contribution >= 4 is 16.2 Å². The fourth-order valence-corrected chi connectivity index (χ4v) is 3.35. The number of halogens is 3. The van der Waals surface area contributed by atoms with E-state index < -0.39 is 28.7 Å². The fraction of sp³-hybridized carbons (Fsp3) is 0.571. The zero-order chi connectivity index (χ0) is 19.3. The lowest BCUT2D eigenvalue weighted by molar-refractivity contribution is -0.277. The lowest BCUT2D eigenvalue weighted by Crippen LogP contribution is -2.12. The maximum Gasteiger partial charge on any atom is 0.529 e. The van der Waals surface area contributed by atoms with Gasteiger partial charge in [0.1, 0.15) is 0 Å². The highest BCUT2D eigenvalue weighted by atomic mass is 31.2. The van der Waals surface area contributed by atoms with Crippen LogP contribution in [0.2, 0.25) is 0 Å². The first-order valence-corrected chi connectivity index (χ1v) is 10.3. The van der Waals surface area contributed by atoms with E-state index in [1.807, 2.05) is 20.8 Å². The molecular formula is C14H23F3O6P2. The topological polar surface area (TPSA) is 74.2 Å². The predicted octanol–water partition coefficient (Wildman–Crippen LogP) is 5.23. The van der Waals surface area contributed by atoms with Crippen molar-refractivity contribution in [3.8, 4) is 0 Å². The van der Waals surface area contributed by atoms with Crippen LogP contribution in [0.15, 0.2) is 30.3 Å². The SMILES string of the molecule is CCOP(OCC)OCC.O=P(O)(Cc1ccccc1)OC(F)(F)F. The zero-order valence-corrected chi connectivity index (χ0v) is 16.0. The van der Waals surface area contributed by atoms with Crippen molar-refractivity contribution in [3.05, 3.63) is 35.9 Å². The average Bonchev–Trinajstić information content (AvgIpc) is 2.46. The van der Waals surface area contributed by atoms with Crippen LogP contribution in [-0.4, -0.2) is 31.1 Å². The van der Waals surface area contributed by atoms with Gasteiger partial charge in [-0.2, -0.15) is 0 Å². The lowest BCUT2D eigenvalue weighted by Gasteiger charge is -2.13. The van der Waals surface area contributed by atoms with Gasteiger partial charge in [-0.3, -0.25) is 4.57 Å². The van der Waals surface area contributed by atoms with Crippen LogP contribution in [0.5, 0.6) is 0 Å². The summed E-state index contributed by atoms with van der Waals surface area (Å²) < 4.78 is 64.7. The molecule has 1 aromatic carbocycles. The van der Waals surface area contributed by atoms with E-state index in [-0.39, 0.29) is 0 Å². The molecule has 0 aliphatic heterocycles. The van der Waals surface area contributed by atoms with Crippen molar-refractivity contribution in [3.63, 3.8) is 0 Å². The Labute approximate surface area is 146 Å². The number of benzene rings is 1. The summed E-state index contributed by atoms with van der Waals surface area (Å²) in [4.78, 5) is 8.92. The summed E-state index contributed by atoms with van der Waals surface area (Å²) in [6.45, 7) is 7.71. The fourth-order valence-electron chi connectivity index (χ4n) is 1.44. The van der Waals surface area contributed by atoms with E-state index in [1.165, 1.54) is 12.1 Å². The van der Waals surface area contributed by atoms with Crippen molar-refractivity contribution in [1.29, 1.82) is 0 Å². The van der Waals surface area contributed by atoms with Gasteiger partial charge in [0.25, 0.3) is 0 Å². The van der Waals surface area contributed by atoms with Gasteiger partial charge in [0.15, 0.2) is 0 Å². The van der Waals surface area contributed by atoms with E-state index >= 15 is 0 Å². The second kappa shape index (κ2) is 12.8. The minimum atomic E-state index is -5.10. The van der Waals surface area contributed by atoms with E-state index in [4.69, 9.17) is 18.5 Å². The van der Waals surface area contributed by atoms with Crippen LogP contribution in [0.4, 0.5) is 13.2 Å². The van der Waals surface area contributed by atoms with Gasteiger partial charge in [0.05, 0.1) is 26.0 Å². The third-order valence-corrected chi connectivity index (χ3v) is 4.84. The molecule has 0 amide bonds. The number of rotatable bonds is 9. The van der Waals surface area contributed by atoms with Gasteiger partial charge in [0, 0.05) is 0 Å². The zero-order valence-electron chi connectivity index (χ0n) is 14.2. The Morgan fingerprint density at radius 2 is 1.44 bits per heavy atom. The number of hydrogen-bond donors (Lipinski definition) is 1. The van der Waals surface area contributed by atoms with Gasteiger partial charge in [-0.15, -0.1) is 13.2 Å². The molecule has 1 N–H and O–H groups in total. The minimum absolute atomic E-state index is 0.313. The molecule has 0 aliphatic rings. The third-order valence-electron chi connectivity index (χ3n) is 2.17. The van der Waals surface area contributed by atoms with Crippen LogP contribution in [-0.2, 0) is 28.8 Å². The molecule has 25 heavy (non-hydrogen) atoms. The molecular weight excluding hydrogens is 383 g/mol. The van der Waals surface area contributed by atoms with Gasteiger partial charge in [-0.05, 0) is 26.3 Å². The Morgan fingerprint density at radius 3 is 1.80 bits per heavy atom. The first-order valence-electron chi connectivity index (χ1n) is 7.45.